The van der Waals surface area contributed by atoms with E-state index in [-0.39, 0.29) is 5.91 Å². The monoisotopic (exact) mass is 422 g/mol. The number of piperazine rings is 1. The van der Waals surface area contributed by atoms with Gasteiger partial charge in [0, 0.05) is 32.2 Å². The molecule has 3 heterocycles. The van der Waals surface area contributed by atoms with E-state index >= 15 is 0 Å². The molecule has 1 aromatic carbocycles. The van der Waals surface area contributed by atoms with Crippen molar-refractivity contribution in [2.45, 2.75) is 20.0 Å². The highest BCUT2D eigenvalue weighted by Gasteiger charge is 2.26. The molecular formula is C23H26N4O4. The van der Waals surface area contributed by atoms with Gasteiger partial charge in [0.2, 0.25) is 0 Å². The molecule has 1 aliphatic heterocycles. The van der Waals surface area contributed by atoms with Crippen molar-refractivity contribution in [1.82, 2.24) is 15.1 Å². The lowest BCUT2D eigenvalue weighted by molar-refractivity contribution is -0.138. The zero-order valence-electron chi connectivity index (χ0n) is 17.7. The number of hydrogen-bond donors (Lipinski definition) is 0. The summed E-state index contributed by atoms with van der Waals surface area (Å²) in [5.41, 5.74) is 0.696. The second-order valence-corrected chi connectivity index (χ2v) is 7.23. The van der Waals surface area contributed by atoms with E-state index in [0.29, 0.717) is 50.0 Å². The lowest BCUT2D eigenvalue weighted by Gasteiger charge is -2.36. The number of rotatable bonds is 7. The van der Waals surface area contributed by atoms with E-state index in [9.17, 15) is 4.79 Å². The summed E-state index contributed by atoms with van der Waals surface area (Å²) in [5.74, 6) is 2.81. The van der Waals surface area contributed by atoms with Crippen molar-refractivity contribution in [2.75, 3.05) is 37.7 Å². The highest BCUT2D eigenvalue weighted by Crippen LogP contribution is 2.22. The third-order valence-electron chi connectivity index (χ3n) is 5.12. The van der Waals surface area contributed by atoms with Crippen molar-refractivity contribution in [3.8, 4) is 23.0 Å². The molecule has 2 aromatic heterocycles. The minimum absolute atomic E-state index is 0.0271. The van der Waals surface area contributed by atoms with Gasteiger partial charge in [0.25, 0.3) is 5.91 Å². The molecule has 0 spiro atoms. The Kier molecular flexibility index (Phi) is 6.35. The van der Waals surface area contributed by atoms with Crippen LogP contribution in [0.4, 0.5) is 5.82 Å². The molecule has 1 saturated heterocycles. The van der Waals surface area contributed by atoms with Crippen molar-refractivity contribution < 1.29 is 18.7 Å². The van der Waals surface area contributed by atoms with Crippen molar-refractivity contribution >= 4 is 11.7 Å². The average Bonchev–Trinajstić information content (AvgIpc) is 3.34. The lowest BCUT2D eigenvalue weighted by atomic mass is 10.2. The number of aromatic nitrogens is 2. The molecule has 8 nitrogen and oxygen atoms in total. The number of anilines is 1. The zero-order valence-corrected chi connectivity index (χ0v) is 17.7. The molecule has 31 heavy (non-hydrogen) atoms. The second kappa shape index (κ2) is 9.51. The molecule has 8 heteroatoms. The number of amides is 1. The first-order valence-electron chi connectivity index (χ1n) is 10.4. The minimum Gasteiger partial charge on any atom is -0.494 e. The first kappa shape index (κ1) is 20.7. The van der Waals surface area contributed by atoms with Gasteiger partial charge in [-0.25, -0.2) is 0 Å². The largest absolute Gasteiger partial charge is 0.494 e. The summed E-state index contributed by atoms with van der Waals surface area (Å²) in [6.07, 6.45) is 1.04. The second-order valence-electron chi connectivity index (χ2n) is 7.23. The smallest absolute Gasteiger partial charge is 0.263 e. The third-order valence-corrected chi connectivity index (χ3v) is 5.12. The fraction of sp³-hybridized carbons (Fsp3) is 0.348. The Labute approximate surface area is 181 Å². The normalized spacial score (nSPS) is 14.9. The van der Waals surface area contributed by atoms with Crippen LogP contribution in [0.2, 0.25) is 0 Å². The Morgan fingerprint density at radius 3 is 2.55 bits per heavy atom. The Hall–Kier alpha value is -3.55. The zero-order chi connectivity index (χ0) is 21.6. The molecule has 0 N–H and O–H groups in total. The number of hydrogen-bond acceptors (Lipinski definition) is 7. The van der Waals surface area contributed by atoms with Gasteiger partial charge in [-0.1, -0.05) is 6.07 Å². The maximum atomic E-state index is 12.8. The number of nitrogens with zero attached hydrogens (tertiary/aromatic N) is 4. The van der Waals surface area contributed by atoms with E-state index in [4.69, 9.17) is 13.9 Å². The number of furan rings is 1. The van der Waals surface area contributed by atoms with Gasteiger partial charge in [-0.3, -0.25) is 4.79 Å². The van der Waals surface area contributed by atoms with E-state index in [2.05, 4.69) is 15.1 Å². The Morgan fingerprint density at radius 1 is 1.06 bits per heavy atom. The van der Waals surface area contributed by atoms with Crippen LogP contribution in [0.3, 0.4) is 0 Å². The van der Waals surface area contributed by atoms with Crippen LogP contribution in [-0.4, -0.2) is 59.9 Å². The Bertz CT molecular complexity index is 983. The van der Waals surface area contributed by atoms with Gasteiger partial charge in [-0.2, -0.15) is 0 Å². The first-order chi connectivity index (χ1) is 15.1. The molecule has 1 fully saturated rings. The highest BCUT2D eigenvalue weighted by atomic mass is 16.5. The number of benzene rings is 1. The van der Waals surface area contributed by atoms with Crippen LogP contribution in [-0.2, 0) is 4.79 Å². The van der Waals surface area contributed by atoms with Gasteiger partial charge < -0.3 is 23.7 Å². The molecule has 162 valence electrons. The maximum Gasteiger partial charge on any atom is 0.263 e. The summed E-state index contributed by atoms with van der Waals surface area (Å²) in [4.78, 5) is 16.8. The van der Waals surface area contributed by atoms with Crippen molar-refractivity contribution in [3.63, 3.8) is 0 Å². The predicted octanol–water partition coefficient (Wildman–Crippen LogP) is 3.25. The molecule has 0 bridgehead atoms. The predicted molar refractivity (Wildman–Crippen MR) is 116 cm³/mol. The van der Waals surface area contributed by atoms with Gasteiger partial charge >= 0.3 is 0 Å². The lowest BCUT2D eigenvalue weighted by Crippen LogP contribution is -2.52. The molecule has 4 rings (SSSR count). The standard InChI is InChI=1S/C23H26N4O4/c1-3-29-18-6-4-7-19(16-18)31-17(2)23(28)27-13-11-26(12-14-27)22-10-9-20(24-25-22)21-8-5-15-30-21/h4-10,15-17H,3,11-14H2,1-2H3. The quantitative estimate of drug-likeness (QED) is 0.578. The summed E-state index contributed by atoms with van der Waals surface area (Å²) < 4.78 is 16.7. The fourth-order valence-corrected chi connectivity index (χ4v) is 3.52. The SMILES string of the molecule is CCOc1cccc(OC(C)C(=O)N2CCN(c3ccc(-c4ccco4)nn3)CC2)c1. The molecule has 0 saturated carbocycles. The summed E-state index contributed by atoms with van der Waals surface area (Å²) in [6.45, 7) is 6.87. The number of ether oxygens (including phenoxy) is 2. The van der Waals surface area contributed by atoms with Crippen LogP contribution < -0.4 is 14.4 Å². The molecule has 1 unspecified atom stereocenters. The van der Waals surface area contributed by atoms with E-state index in [0.717, 1.165) is 11.6 Å². The van der Waals surface area contributed by atoms with Crippen LogP contribution in [0, 0.1) is 0 Å². The van der Waals surface area contributed by atoms with E-state index in [1.807, 2.05) is 54.3 Å². The number of carbonyl (C=O) groups excluding carboxylic acids is 1. The molecule has 1 aliphatic rings. The van der Waals surface area contributed by atoms with E-state index in [1.165, 1.54) is 0 Å². The van der Waals surface area contributed by atoms with Crippen molar-refractivity contribution in [3.05, 3.63) is 54.8 Å². The van der Waals surface area contributed by atoms with Crippen molar-refractivity contribution in [2.24, 2.45) is 0 Å². The van der Waals surface area contributed by atoms with Gasteiger partial charge in [0.05, 0.1) is 12.9 Å². The maximum absolute atomic E-state index is 12.8. The average molecular weight is 422 g/mol. The molecule has 1 amide bonds. The molecule has 0 aliphatic carbocycles. The van der Waals surface area contributed by atoms with Crippen LogP contribution in [0.15, 0.2) is 59.2 Å². The van der Waals surface area contributed by atoms with E-state index < -0.39 is 6.10 Å². The highest BCUT2D eigenvalue weighted by molar-refractivity contribution is 5.81. The van der Waals surface area contributed by atoms with Gasteiger partial charge in [0.1, 0.15) is 17.2 Å². The Morgan fingerprint density at radius 2 is 1.87 bits per heavy atom. The van der Waals surface area contributed by atoms with Crippen LogP contribution >= 0.6 is 0 Å². The summed E-state index contributed by atoms with van der Waals surface area (Å²) in [6, 6.07) is 14.8. The number of carbonyl (C=O) groups is 1. The van der Waals surface area contributed by atoms with Gasteiger partial charge in [-0.05, 0) is 50.2 Å². The minimum atomic E-state index is -0.573. The molecule has 1 atom stereocenters. The van der Waals surface area contributed by atoms with Crippen LogP contribution in [0.5, 0.6) is 11.5 Å². The topological polar surface area (TPSA) is 80.9 Å². The molecule has 0 radical (unpaired) electrons. The van der Waals surface area contributed by atoms with Crippen LogP contribution in [0.1, 0.15) is 13.8 Å². The summed E-state index contributed by atoms with van der Waals surface area (Å²) in [5, 5.41) is 8.57. The first-order valence-corrected chi connectivity index (χ1v) is 10.4. The Balaban J connectivity index is 1.30. The van der Waals surface area contributed by atoms with E-state index in [1.54, 1.807) is 19.3 Å². The summed E-state index contributed by atoms with van der Waals surface area (Å²) >= 11 is 0. The van der Waals surface area contributed by atoms with Gasteiger partial charge in [0.15, 0.2) is 17.7 Å². The summed E-state index contributed by atoms with van der Waals surface area (Å²) in [7, 11) is 0. The van der Waals surface area contributed by atoms with Crippen molar-refractivity contribution in [1.29, 1.82) is 0 Å². The van der Waals surface area contributed by atoms with Crippen LogP contribution in [0.25, 0.3) is 11.5 Å². The third kappa shape index (κ3) is 4.96. The molecular weight excluding hydrogens is 396 g/mol. The fourth-order valence-electron chi connectivity index (χ4n) is 3.52. The molecule has 3 aromatic rings. The van der Waals surface area contributed by atoms with Gasteiger partial charge in [-0.15, -0.1) is 10.2 Å².